The van der Waals surface area contributed by atoms with Crippen LogP contribution in [0, 0.1) is 12.3 Å². The fourth-order valence-electron chi connectivity index (χ4n) is 3.27. The average Bonchev–Trinajstić information content (AvgIpc) is 2.44. The monoisotopic (exact) mass is 289 g/mol. The van der Waals surface area contributed by atoms with Crippen molar-refractivity contribution in [2.45, 2.75) is 79.1 Å². The molecule has 0 aromatic carbocycles. The van der Waals surface area contributed by atoms with Crippen molar-refractivity contribution in [3.05, 3.63) is 17.1 Å². The fraction of sp³-hybridized carbons (Fsp3) is 0.778. The molecule has 0 bridgehead atoms. The van der Waals surface area contributed by atoms with Gasteiger partial charge in [-0.2, -0.15) is 0 Å². The summed E-state index contributed by atoms with van der Waals surface area (Å²) in [4.78, 5) is 9.72. The van der Waals surface area contributed by atoms with Crippen LogP contribution in [0.5, 0.6) is 0 Å². The Balaban J connectivity index is 2.22. The van der Waals surface area contributed by atoms with Crippen LogP contribution in [-0.4, -0.2) is 16.5 Å². The van der Waals surface area contributed by atoms with E-state index in [1.54, 1.807) is 0 Å². The van der Waals surface area contributed by atoms with E-state index in [9.17, 15) is 0 Å². The molecule has 0 amide bonds. The zero-order chi connectivity index (χ0) is 15.5. The molecule has 2 rings (SSSR count). The van der Waals surface area contributed by atoms with Gasteiger partial charge in [0.05, 0.1) is 0 Å². The van der Waals surface area contributed by atoms with E-state index in [4.69, 9.17) is 9.97 Å². The Morgan fingerprint density at radius 1 is 1.14 bits per heavy atom. The van der Waals surface area contributed by atoms with E-state index in [0.29, 0.717) is 11.3 Å². The number of anilines is 1. The second-order valence-electron chi connectivity index (χ2n) is 7.21. The Bertz CT molecular complexity index is 470. The van der Waals surface area contributed by atoms with Gasteiger partial charge in [-0.15, -0.1) is 0 Å². The summed E-state index contributed by atoms with van der Waals surface area (Å²) in [6.07, 6.45) is 7.14. The lowest BCUT2D eigenvalue weighted by molar-refractivity contribution is 0.220. The first-order valence-corrected chi connectivity index (χ1v) is 8.58. The van der Waals surface area contributed by atoms with E-state index in [1.165, 1.54) is 31.2 Å². The van der Waals surface area contributed by atoms with E-state index in [0.717, 1.165) is 36.7 Å². The molecule has 3 nitrogen and oxygen atoms in total. The highest BCUT2D eigenvalue weighted by molar-refractivity contribution is 5.46. The standard InChI is InChI=1S/C18H31N3/c1-6-12-19-17-15(7-2)13(3)20-16(21-17)14-8-10-18(4,5)11-9-14/h14H,6-12H2,1-5H3,(H,19,20,21). The maximum absolute atomic E-state index is 4.89. The number of hydrogen-bond acceptors (Lipinski definition) is 3. The minimum Gasteiger partial charge on any atom is -0.370 e. The first-order chi connectivity index (χ1) is 9.96. The predicted octanol–water partition coefficient (Wildman–Crippen LogP) is 4.85. The van der Waals surface area contributed by atoms with E-state index >= 15 is 0 Å². The van der Waals surface area contributed by atoms with E-state index in [1.807, 2.05) is 0 Å². The number of nitrogens with zero attached hydrogens (tertiary/aromatic N) is 2. The molecule has 1 aliphatic rings. The van der Waals surface area contributed by atoms with Crippen molar-refractivity contribution in [1.82, 2.24) is 9.97 Å². The van der Waals surface area contributed by atoms with Crippen LogP contribution in [0.2, 0.25) is 0 Å². The summed E-state index contributed by atoms with van der Waals surface area (Å²) in [6.45, 7) is 12.3. The van der Waals surface area contributed by atoms with Crippen LogP contribution in [0.15, 0.2) is 0 Å². The summed E-state index contributed by atoms with van der Waals surface area (Å²) >= 11 is 0. The Labute approximate surface area is 130 Å². The van der Waals surface area contributed by atoms with Crippen LogP contribution >= 0.6 is 0 Å². The highest BCUT2D eigenvalue weighted by Gasteiger charge is 2.29. The maximum Gasteiger partial charge on any atom is 0.134 e. The summed E-state index contributed by atoms with van der Waals surface area (Å²) in [5, 5.41) is 3.50. The third kappa shape index (κ3) is 3.96. The van der Waals surface area contributed by atoms with Crippen LogP contribution < -0.4 is 5.32 Å². The SMILES string of the molecule is CCCNc1nc(C2CCC(C)(C)CC2)nc(C)c1CC. The first kappa shape index (κ1) is 16.3. The maximum atomic E-state index is 4.89. The summed E-state index contributed by atoms with van der Waals surface area (Å²) in [5.74, 6) is 2.69. The summed E-state index contributed by atoms with van der Waals surface area (Å²) < 4.78 is 0. The third-order valence-corrected chi connectivity index (χ3v) is 4.83. The molecule has 1 N–H and O–H groups in total. The van der Waals surface area contributed by atoms with Gasteiger partial charge in [-0.3, -0.25) is 0 Å². The van der Waals surface area contributed by atoms with Crippen LogP contribution in [0.4, 0.5) is 5.82 Å². The Hall–Kier alpha value is -1.12. The highest BCUT2D eigenvalue weighted by atomic mass is 15.0. The van der Waals surface area contributed by atoms with Crippen LogP contribution in [0.3, 0.4) is 0 Å². The number of aryl methyl sites for hydroxylation is 1. The molecule has 0 saturated heterocycles. The molecule has 118 valence electrons. The molecule has 0 atom stereocenters. The highest BCUT2D eigenvalue weighted by Crippen LogP contribution is 2.41. The normalized spacial score (nSPS) is 18.7. The third-order valence-electron chi connectivity index (χ3n) is 4.83. The van der Waals surface area contributed by atoms with Crippen molar-refractivity contribution in [2.75, 3.05) is 11.9 Å². The van der Waals surface area contributed by atoms with Crippen LogP contribution in [0.1, 0.15) is 82.8 Å². The molecule has 0 unspecified atom stereocenters. The number of nitrogens with one attached hydrogen (secondary N) is 1. The quantitative estimate of drug-likeness (QED) is 0.841. The lowest BCUT2D eigenvalue weighted by Gasteiger charge is -2.33. The van der Waals surface area contributed by atoms with Crippen molar-refractivity contribution in [2.24, 2.45) is 5.41 Å². The summed E-state index contributed by atoms with van der Waals surface area (Å²) in [6, 6.07) is 0. The van der Waals surface area contributed by atoms with Crippen molar-refractivity contribution < 1.29 is 0 Å². The van der Waals surface area contributed by atoms with E-state index in [2.05, 4.69) is 39.9 Å². The Morgan fingerprint density at radius 3 is 2.38 bits per heavy atom. The largest absolute Gasteiger partial charge is 0.370 e. The Morgan fingerprint density at radius 2 is 1.81 bits per heavy atom. The lowest BCUT2D eigenvalue weighted by atomic mass is 9.73. The Kier molecular flexibility index (Phi) is 5.23. The van der Waals surface area contributed by atoms with Gasteiger partial charge in [0.1, 0.15) is 11.6 Å². The molecule has 0 aliphatic heterocycles. The van der Waals surface area contributed by atoms with Crippen molar-refractivity contribution in [1.29, 1.82) is 0 Å². The van der Waals surface area contributed by atoms with Gasteiger partial charge in [-0.05, 0) is 50.9 Å². The number of hydrogen-bond donors (Lipinski definition) is 1. The van der Waals surface area contributed by atoms with Gasteiger partial charge in [-0.1, -0.05) is 27.7 Å². The van der Waals surface area contributed by atoms with Gasteiger partial charge < -0.3 is 5.32 Å². The topological polar surface area (TPSA) is 37.8 Å². The van der Waals surface area contributed by atoms with Crippen LogP contribution in [0.25, 0.3) is 0 Å². The van der Waals surface area contributed by atoms with Gasteiger partial charge in [0.2, 0.25) is 0 Å². The zero-order valence-electron chi connectivity index (χ0n) is 14.4. The van der Waals surface area contributed by atoms with Crippen LogP contribution in [-0.2, 0) is 6.42 Å². The van der Waals surface area contributed by atoms with E-state index < -0.39 is 0 Å². The molecule has 1 saturated carbocycles. The first-order valence-electron chi connectivity index (χ1n) is 8.58. The number of aromatic nitrogens is 2. The zero-order valence-corrected chi connectivity index (χ0v) is 14.4. The van der Waals surface area contributed by atoms with Gasteiger partial charge in [0, 0.05) is 23.7 Å². The second kappa shape index (κ2) is 6.76. The molecule has 21 heavy (non-hydrogen) atoms. The molecule has 1 fully saturated rings. The fourth-order valence-corrected chi connectivity index (χ4v) is 3.27. The predicted molar refractivity (Wildman–Crippen MR) is 89.9 cm³/mol. The lowest BCUT2D eigenvalue weighted by Crippen LogP contribution is -2.22. The molecule has 0 radical (unpaired) electrons. The van der Waals surface area contributed by atoms with Crippen molar-refractivity contribution >= 4 is 5.82 Å². The van der Waals surface area contributed by atoms with Crippen molar-refractivity contribution in [3.8, 4) is 0 Å². The molecule has 1 aromatic heterocycles. The minimum absolute atomic E-state index is 0.498. The molecule has 1 heterocycles. The van der Waals surface area contributed by atoms with E-state index in [-0.39, 0.29) is 0 Å². The molecular weight excluding hydrogens is 258 g/mol. The van der Waals surface area contributed by atoms with Gasteiger partial charge in [0.15, 0.2) is 0 Å². The molecule has 1 aromatic rings. The summed E-state index contributed by atoms with van der Waals surface area (Å²) in [7, 11) is 0. The van der Waals surface area contributed by atoms with Gasteiger partial charge in [-0.25, -0.2) is 9.97 Å². The molecule has 0 spiro atoms. The number of rotatable bonds is 5. The summed E-state index contributed by atoms with van der Waals surface area (Å²) in [5.41, 5.74) is 2.94. The smallest absolute Gasteiger partial charge is 0.134 e. The molecule has 3 heteroatoms. The second-order valence-corrected chi connectivity index (χ2v) is 7.21. The van der Waals surface area contributed by atoms with Crippen molar-refractivity contribution in [3.63, 3.8) is 0 Å². The average molecular weight is 289 g/mol. The van der Waals surface area contributed by atoms with Gasteiger partial charge in [0.25, 0.3) is 0 Å². The molecular formula is C18H31N3. The molecule has 1 aliphatic carbocycles. The van der Waals surface area contributed by atoms with Gasteiger partial charge >= 0.3 is 0 Å². The minimum atomic E-state index is 0.498.